The number of hydrogen-bond acceptors (Lipinski definition) is 5. The van der Waals surface area contributed by atoms with Crippen LogP contribution in [0, 0.1) is 6.92 Å². The van der Waals surface area contributed by atoms with Crippen LogP contribution in [0.4, 0.5) is 10.5 Å². The molecular weight excluding hydrogens is 432 g/mol. The van der Waals surface area contributed by atoms with Crippen molar-refractivity contribution in [2.24, 2.45) is 0 Å². The van der Waals surface area contributed by atoms with E-state index in [9.17, 15) is 14.4 Å². The lowest BCUT2D eigenvalue weighted by Crippen LogP contribution is -2.24. The van der Waals surface area contributed by atoms with Gasteiger partial charge < -0.3 is 20.1 Å². The standard InChI is InChI=1S/C27H28N2O5/c1-3-33-27(32)34-23-14-12-21(13-15-23)26(31)29-24-10-5-4-9-22(24)18-28-25(30)16-11-20-8-6-7-19(2)17-20/h4-10,12-15,17H,3,11,16,18H2,1-2H3,(H,28,30)(H,29,31). The molecule has 0 aromatic heterocycles. The van der Waals surface area contributed by atoms with Gasteiger partial charge in [0.15, 0.2) is 0 Å². The molecule has 0 aliphatic rings. The molecule has 0 atom stereocenters. The predicted octanol–water partition coefficient (Wildman–Crippen LogP) is 5.03. The van der Waals surface area contributed by atoms with Crippen molar-refractivity contribution in [1.29, 1.82) is 0 Å². The van der Waals surface area contributed by atoms with Crippen LogP contribution in [0.15, 0.2) is 72.8 Å². The van der Waals surface area contributed by atoms with Gasteiger partial charge in [0.25, 0.3) is 5.91 Å². The molecule has 2 N–H and O–H groups in total. The minimum Gasteiger partial charge on any atom is -0.434 e. The first kappa shape index (κ1) is 24.5. The van der Waals surface area contributed by atoms with Crippen molar-refractivity contribution in [3.05, 3.63) is 95.1 Å². The minimum absolute atomic E-state index is 0.0557. The third kappa shape index (κ3) is 7.48. The van der Waals surface area contributed by atoms with Gasteiger partial charge in [-0.1, -0.05) is 48.0 Å². The fraction of sp³-hybridized carbons (Fsp3) is 0.222. The molecule has 0 radical (unpaired) electrons. The highest BCUT2D eigenvalue weighted by molar-refractivity contribution is 6.04. The second-order valence-electron chi connectivity index (χ2n) is 7.69. The van der Waals surface area contributed by atoms with Gasteiger partial charge in [0.05, 0.1) is 6.61 Å². The van der Waals surface area contributed by atoms with Crippen molar-refractivity contribution in [1.82, 2.24) is 5.32 Å². The summed E-state index contributed by atoms with van der Waals surface area (Å²) in [5, 5.41) is 5.80. The number of carbonyl (C=O) groups is 3. The van der Waals surface area contributed by atoms with E-state index in [1.807, 2.05) is 43.3 Å². The van der Waals surface area contributed by atoms with Gasteiger partial charge in [0.1, 0.15) is 5.75 Å². The van der Waals surface area contributed by atoms with E-state index < -0.39 is 6.16 Å². The third-order valence-electron chi connectivity index (χ3n) is 5.04. The van der Waals surface area contributed by atoms with Gasteiger partial charge >= 0.3 is 6.16 Å². The summed E-state index contributed by atoms with van der Waals surface area (Å²) < 4.78 is 9.73. The van der Waals surface area contributed by atoms with Crippen molar-refractivity contribution in [3.8, 4) is 5.75 Å². The van der Waals surface area contributed by atoms with Crippen molar-refractivity contribution in [2.45, 2.75) is 33.2 Å². The molecule has 0 unspecified atom stereocenters. The van der Waals surface area contributed by atoms with E-state index in [0.717, 1.165) is 11.1 Å². The number of benzene rings is 3. The number of para-hydroxylation sites is 1. The molecule has 0 fully saturated rings. The maximum Gasteiger partial charge on any atom is 0.513 e. The second kappa shape index (κ2) is 12.2. The van der Waals surface area contributed by atoms with E-state index in [1.54, 1.807) is 25.1 Å². The lowest BCUT2D eigenvalue weighted by atomic mass is 10.1. The van der Waals surface area contributed by atoms with Crippen molar-refractivity contribution in [2.75, 3.05) is 11.9 Å². The van der Waals surface area contributed by atoms with E-state index in [-0.39, 0.29) is 24.2 Å². The van der Waals surface area contributed by atoms with Crippen LogP contribution in [-0.4, -0.2) is 24.6 Å². The van der Waals surface area contributed by atoms with Gasteiger partial charge in [-0.2, -0.15) is 0 Å². The number of rotatable bonds is 9. The summed E-state index contributed by atoms with van der Waals surface area (Å²) in [7, 11) is 0. The summed E-state index contributed by atoms with van der Waals surface area (Å²) >= 11 is 0. The highest BCUT2D eigenvalue weighted by Crippen LogP contribution is 2.18. The van der Waals surface area contributed by atoms with Gasteiger partial charge in [-0.05, 0) is 61.7 Å². The number of aryl methyl sites for hydroxylation is 2. The summed E-state index contributed by atoms with van der Waals surface area (Å²) in [4.78, 5) is 36.4. The zero-order valence-electron chi connectivity index (χ0n) is 19.3. The van der Waals surface area contributed by atoms with E-state index in [2.05, 4.69) is 16.7 Å². The largest absolute Gasteiger partial charge is 0.513 e. The van der Waals surface area contributed by atoms with Gasteiger partial charge in [0.2, 0.25) is 5.91 Å². The number of carbonyl (C=O) groups excluding carboxylic acids is 3. The quantitative estimate of drug-likeness (QED) is 0.345. The van der Waals surface area contributed by atoms with Crippen LogP contribution in [0.25, 0.3) is 0 Å². The number of anilines is 1. The van der Waals surface area contributed by atoms with E-state index in [1.165, 1.54) is 17.7 Å². The van der Waals surface area contributed by atoms with Crippen molar-refractivity contribution in [3.63, 3.8) is 0 Å². The van der Waals surface area contributed by atoms with Crippen LogP contribution in [0.5, 0.6) is 5.75 Å². The average molecular weight is 461 g/mol. The van der Waals surface area contributed by atoms with E-state index in [0.29, 0.717) is 30.6 Å². The van der Waals surface area contributed by atoms with Gasteiger partial charge in [0, 0.05) is 24.2 Å². The molecular formula is C27H28N2O5. The van der Waals surface area contributed by atoms with Crippen LogP contribution >= 0.6 is 0 Å². The molecule has 0 aliphatic heterocycles. The first-order valence-corrected chi connectivity index (χ1v) is 11.1. The number of amides is 2. The molecule has 0 saturated heterocycles. The molecule has 34 heavy (non-hydrogen) atoms. The Bertz CT molecular complexity index is 1140. The fourth-order valence-electron chi connectivity index (χ4n) is 3.32. The molecule has 0 aliphatic carbocycles. The summed E-state index contributed by atoms with van der Waals surface area (Å²) in [6.45, 7) is 4.23. The Labute approximate surface area is 199 Å². The van der Waals surface area contributed by atoms with Crippen LogP contribution in [-0.2, 0) is 22.5 Å². The Morgan fingerprint density at radius 2 is 1.68 bits per heavy atom. The molecule has 7 nitrogen and oxygen atoms in total. The Morgan fingerprint density at radius 3 is 2.41 bits per heavy atom. The smallest absolute Gasteiger partial charge is 0.434 e. The molecule has 0 heterocycles. The molecule has 3 aromatic rings. The molecule has 3 aromatic carbocycles. The zero-order valence-corrected chi connectivity index (χ0v) is 19.3. The highest BCUT2D eigenvalue weighted by Gasteiger charge is 2.11. The average Bonchev–Trinajstić information content (AvgIpc) is 2.83. The first-order valence-electron chi connectivity index (χ1n) is 11.1. The maximum absolute atomic E-state index is 12.7. The summed E-state index contributed by atoms with van der Waals surface area (Å²) in [6, 6.07) is 21.6. The molecule has 0 bridgehead atoms. The molecule has 176 valence electrons. The number of hydrogen-bond donors (Lipinski definition) is 2. The number of nitrogens with one attached hydrogen (secondary N) is 2. The normalized spacial score (nSPS) is 10.3. The first-order chi connectivity index (χ1) is 16.4. The summed E-state index contributed by atoms with van der Waals surface area (Å²) in [5.74, 6) is -0.0930. The van der Waals surface area contributed by atoms with Crippen LogP contribution < -0.4 is 15.4 Å². The predicted molar refractivity (Wildman–Crippen MR) is 130 cm³/mol. The van der Waals surface area contributed by atoms with E-state index in [4.69, 9.17) is 9.47 Å². The lowest BCUT2D eigenvalue weighted by Gasteiger charge is -2.12. The highest BCUT2D eigenvalue weighted by atomic mass is 16.7. The molecule has 2 amide bonds. The van der Waals surface area contributed by atoms with Gasteiger partial charge in [-0.15, -0.1) is 0 Å². The van der Waals surface area contributed by atoms with Gasteiger partial charge in [-0.25, -0.2) is 4.79 Å². The molecule has 3 rings (SSSR count). The summed E-state index contributed by atoms with van der Waals surface area (Å²) in [5.41, 5.74) is 4.10. The Hall–Kier alpha value is -4.13. The SMILES string of the molecule is CCOC(=O)Oc1ccc(C(=O)Nc2ccccc2CNC(=O)CCc2cccc(C)c2)cc1. The fourth-order valence-corrected chi connectivity index (χ4v) is 3.32. The Morgan fingerprint density at radius 1 is 0.912 bits per heavy atom. The van der Waals surface area contributed by atoms with Crippen molar-refractivity contribution >= 4 is 23.7 Å². The van der Waals surface area contributed by atoms with Crippen molar-refractivity contribution < 1.29 is 23.9 Å². The minimum atomic E-state index is -0.797. The topological polar surface area (TPSA) is 93.7 Å². The van der Waals surface area contributed by atoms with Crippen LogP contribution in [0.3, 0.4) is 0 Å². The zero-order chi connectivity index (χ0) is 24.3. The molecule has 0 spiro atoms. The monoisotopic (exact) mass is 460 g/mol. The van der Waals surface area contributed by atoms with Crippen LogP contribution in [0.2, 0.25) is 0 Å². The lowest BCUT2D eigenvalue weighted by molar-refractivity contribution is -0.121. The molecule has 7 heteroatoms. The van der Waals surface area contributed by atoms with Crippen LogP contribution in [0.1, 0.15) is 40.4 Å². The van der Waals surface area contributed by atoms with Gasteiger partial charge in [-0.3, -0.25) is 9.59 Å². The number of ether oxygens (including phenoxy) is 2. The molecule has 0 saturated carbocycles. The Balaban J connectivity index is 1.54. The third-order valence-corrected chi connectivity index (χ3v) is 5.04. The van der Waals surface area contributed by atoms with E-state index >= 15 is 0 Å². The maximum atomic E-state index is 12.7. The second-order valence-corrected chi connectivity index (χ2v) is 7.69. The Kier molecular flexibility index (Phi) is 8.80. The summed E-state index contributed by atoms with van der Waals surface area (Å²) in [6.07, 6.45) is 0.259.